The van der Waals surface area contributed by atoms with E-state index in [9.17, 15) is 57.1 Å². The van der Waals surface area contributed by atoms with Gasteiger partial charge in [-0.05, 0) is 48.7 Å². The molecule has 1 rings (SSSR count). The van der Waals surface area contributed by atoms with Gasteiger partial charge < -0.3 is 5.73 Å². The Hall–Kier alpha value is -2.15. The molecule has 172 valence electrons. The number of rotatable bonds is 6. The van der Waals surface area contributed by atoms with E-state index in [1.165, 1.54) is 13.8 Å². The molecule has 0 radical (unpaired) electrons. The number of halogens is 13. The van der Waals surface area contributed by atoms with E-state index in [-0.39, 0.29) is 28.5 Å². The van der Waals surface area contributed by atoms with Crippen LogP contribution in [-0.2, 0) is 0 Å². The van der Waals surface area contributed by atoms with Crippen LogP contribution in [0, 0.1) is 13.8 Å². The van der Waals surface area contributed by atoms with Crippen molar-refractivity contribution in [2.24, 2.45) is 0 Å². The van der Waals surface area contributed by atoms with E-state index in [0.29, 0.717) is 0 Å². The highest BCUT2D eigenvalue weighted by molar-refractivity contribution is 5.62. The maximum absolute atomic E-state index is 13.7. The van der Waals surface area contributed by atoms with Crippen molar-refractivity contribution in [3.63, 3.8) is 0 Å². The number of allylic oxidation sites excluding steroid dienone is 1. The average Bonchev–Trinajstić information content (AvgIpc) is 2.56. The SMILES string of the molecule is Cc1cc(C=CC(F)(F)C(F)(F)C(F)(F)C(F)(F)C(F)(F)C(F)(F)F)cc(C)c1N. The summed E-state index contributed by atoms with van der Waals surface area (Å²) >= 11 is 0. The van der Waals surface area contributed by atoms with Crippen molar-refractivity contribution in [3.05, 3.63) is 34.9 Å². The van der Waals surface area contributed by atoms with E-state index in [2.05, 4.69) is 0 Å². The molecule has 0 aliphatic rings. The first kappa shape index (κ1) is 25.9. The van der Waals surface area contributed by atoms with Crippen LogP contribution < -0.4 is 5.73 Å². The first-order valence-corrected chi connectivity index (χ1v) is 7.56. The first-order valence-electron chi connectivity index (χ1n) is 7.56. The highest BCUT2D eigenvalue weighted by Gasteiger charge is 2.90. The van der Waals surface area contributed by atoms with Crippen molar-refractivity contribution >= 4 is 11.8 Å². The molecular formula is C16H12F13N. The summed E-state index contributed by atoms with van der Waals surface area (Å²) in [7, 11) is 0. The Morgan fingerprint density at radius 2 is 1.00 bits per heavy atom. The number of anilines is 1. The predicted octanol–water partition coefficient (Wildman–Crippen LogP) is 6.64. The van der Waals surface area contributed by atoms with Gasteiger partial charge in [0.25, 0.3) is 0 Å². The largest absolute Gasteiger partial charge is 0.460 e. The van der Waals surface area contributed by atoms with E-state index in [4.69, 9.17) is 5.73 Å². The van der Waals surface area contributed by atoms with Crippen molar-refractivity contribution in [1.82, 2.24) is 0 Å². The van der Waals surface area contributed by atoms with Gasteiger partial charge >= 0.3 is 35.8 Å². The third kappa shape index (κ3) is 3.80. The molecule has 14 heteroatoms. The zero-order valence-corrected chi connectivity index (χ0v) is 14.8. The predicted molar refractivity (Wildman–Crippen MR) is 80.2 cm³/mol. The van der Waals surface area contributed by atoms with Gasteiger partial charge in [0.1, 0.15) is 0 Å². The summed E-state index contributed by atoms with van der Waals surface area (Å²) in [6.45, 7) is 2.70. The van der Waals surface area contributed by atoms with Crippen molar-refractivity contribution < 1.29 is 57.1 Å². The third-order valence-electron chi connectivity index (χ3n) is 4.06. The summed E-state index contributed by atoms with van der Waals surface area (Å²) < 4.78 is 169. The minimum absolute atomic E-state index is 0.0729. The van der Waals surface area contributed by atoms with Gasteiger partial charge in [-0.25, -0.2) is 0 Å². The zero-order chi connectivity index (χ0) is 24.1. The van der Waals surface area contributed by atoms with E-state index in [1.54, 1.807) is 0 Å². The van der Waals surface area contributed by atoms with Gasteiger partial charge in [-0.3, -0.25) is 0 Å². The van der Waals surface area contributed by atoms with Gasteiger partial charge in [-0.2, -0.15) is 57.1 Å². The van der Waals surface area contributed by atoms with Crippen LogP contribution >= 0.6 is 0 Å². The second-order valence-electron chi connectivity index (χ2n) is 6.32. The van der Waals surface area contributed by atoms with Crippen LogP contribution in [0.5, 0.6) is 0 Å². The molecule has 1 aromatic carbocycles. The van der Waals surface area contributed by atoms with Gasteiger partial charge in [0.2, 0.25) is 0 Å². The van der Waals surface area contributed by atoms with Gasteiger partial charge in [0.05, 0.1) is 0 Å². The topological polar surface area (TPSA) is 26.0 Å². The van der Waals surface area contributed by atoms with Gasteiger partial charge in [0, 0.05) is 5.69 Å². The van der Waals surface area contributed by atoms with E-state index in [1.807, 2.05) is 0 Å². The fourth-order valence-electron chi connectivity index (χ4n) is 2.19. The summed E-state index contributed by atoms with van der Waals surface area (Å²) in [5.74, 6) is -37.1. The summed E-state index contributed by atoms with van der Waals surface area (Å²) in [6, 6.07) is 2.02. The number of hydrogen-bond acceptors (Lipinski definition) is 1. The fraction of sp³-hybridized carbons (Fsp3) is 0.500. The van der Waals surface area contributed by atoms with Gasteiger partial charge in [0.15, 0.2) is 0 Å². The Kier molecular flexibility index (Phi) is 6.23. The summed E-state index contributed by atoms with van der Waals surface area (Å²) in [4.78, 5) is 0. The Labute approximate surface area is 160 Å². The highest BCUT2D eigenvalue weighted by Crippen LogP contribution is 2.60. The van der Waals surface area contributed by atoms with Gasteiger partial charge in [-0.15, -0.1) is 0 Å². The van der Waals surface area contributed by atoms with Crippen LogP contribution in [0.25, 0.3) is 6.08 Å². The fourth-order valence-corrected chi connectivity index (χ4v) is 2.19. The van der Waals surface area contributed by atoms with E-state index < -0.39 is 41.9 Å². The quantitative estimate of drug-likeness (QED) is 0.370. The number of aryl methyl sites for hydroxylation is 2. The highest BCUT2D eigenvalue weighted by atomic mass is 19.4. The standard InChI is InChI=1S/C16H12F13N/c1-7-5-9(6-8(2)10(7)30)3-4-11(17,18)12(19,20)13(21,22)14(23,24)15(25,26)16(27,28)29/h3-6H,30H2,1-2H3. The molecule has 0 saturated heterocycles. The zero-order valence-electron chi connectivity index (χ0n) is 14.8. The minimum atomic E-state index is -7.91. The first-order chi connectivity index (χ1) is 13.0. The smallest absolute Gasteiger partial charge is 0.398 e. The number of benzene rings is 1. The van der Waals surface area contributed by atoms with Crippen molar-refractivity contribution in [2.45, 2.75) is 49.6 Å². The Morgan fingerprint density at radius 3 is 1.37 bits per heavy atom. The lowest BCUT2D eigenvalue weighted by Crippen LogP contribution is -2.69. The lowest BCUT2D eigenvalue weighted by atomic mass is 9.93. The Bertz CT molecular complexity index is 798. The van der Waals surface area contributed by atoms with Gasteiger partial charge in [-0.1, -0.05) is 6.08 Å². The number of hydrogen-bond donors (Lipinski definition) is 1. The monoisotopic (exact) mass is 465 g/mol. The summed E-state index contributed by atoms with van der Waals surface area (Å²) in [6.07, 6.45) is -8.36. The molecule has 1 nitrogen and oxygen atoms in total. The van der Waals surface area contributed by atoms with E-state index >= 15 is 0 Å². The van der Waals surface area contributed by atoms with Crippen LogP contribution in [-0.4, -0.2) is 35.8 Å². The Morgan fingerprint density at radius 1 is 0.633 bits per heavy atom. The molecule has 0 fully saturated rings. The summed E-state index contributed by atoms with van der Waals surface area (Å²) in [5, 5.41) is 0. The van der Waals surface area contributed by atoms with Crippen molar-refractivity contribution in [2.75, 3.05) is 5.73 Å². The van der Waals surface area contributed by atoms with Crippen molar-refractivity contribution in [3.8, 4) is 0 Å². The molecule has 30 heavy (non-hydrogen) atoms. The third-order valence-corrected chi connectivity index (χ3v) is 4.06. The van der Waals surface area contributed by atoms with Crippen LogP contribution in [0.4, 0.5) is 62.8 Å². The van der Waals surface area contributed by atoms with Crippen LogP contribution in [0.2, 0.25) is 0 Å². The maximum Gasteiger partial charge on any atom is 0.460 e. The molecule has 0 atom stereocenters. The summed E-state index contributed by atoms with van der Waals surface area (Å²) in [5.41, 5.74) is 5.82. The molecule has 0 aromatic heterocycles. The molecule has 0 amide bonds. The van der Waals surface area contributed by atoms with Crippen LogP contribution in [0.3, 0.4) is 0 Å². The molecule has 1 aromatic rings. The minimum Gasteiger partial charge on any atom is -0.398 e. The lowest BCUT2D eigenvalue weighted by Gasteiger charge is -2.39. The number of nitrogens with two attached hydrogens (primary N) is 1. The molecule has 0 heterocycles. The lowest BCUT2D eigenvalue weighted by molar-refractivity contribution is -0.436. The molecule has 0 aliphatic carbocycles. The van der Waals surface area contributed by atoms with Crippen LogP contribution in [0.1, 0.15) is 16.7 Å². The molecule has 0 saturated carbocycles. The molecular weight excluding hydrogens is 453 g/mol. The van der Waals surface area contributed by atoms with Crippen LogP contribution in [0.15, 0.2) is 18.2 Å². The van der Waals surface area contributed by atoms with Crippen molar-refractivity contribution in [1.29, 1.82) is 0 Å². The number of nitrogen functional groups attached to an aromatic ring is 1. The molecule has 0 spiro atoms. The second kappa shape index (κ2) is 7.22. The molecule has 0 aliphatic heterocycles. The second-order valence-corrected chi connectivity index (χ2v) is 6.32. The molecule has 0 unspecified atom stereocenters. The molecule has 2 N–H and O–H groups in total. The number of alkyl halides is 13. The average molecular weight is 465 g/mol. The molecule has 0 bridgehead atoms. The maximum atomic E-state index is 13.7. The van der Waals surface area contributed by atoms with E-state index in [0.717, 1.165) is 12.1 Å². The normalized spacial score (nSPS) is 15.2. The Balaban J connectivity index is 3.45.